The van der Waals surface area contributed by atoms with Gasteiger partial charge in [-0.15, -0.1) is 11.3 Å². The Kier molecular flexibility index (Phi) is 5.54. The molecule has 5 heteroatoms. The van der Waals surface area contributed by atoms with Crippen LogP contribution in [0.3, 0.4) is 0 Å². The van der Waals surface area contributed by atoms with Gasteiger partial charge in [-0.3, -0.25) is 4.79 Å². The minimum atomic E-state index is -0.00454. The molecule has 0 aliphatic carbocycles. The molecule has 0 atom stereocenters. The van der Waals surface area contributed by atoms with E-state index in [0.717, 1.165) is 24.5 Å². The van der Waals surface area contributed by atoms with Crippen LogP contribution in [0.4, 0.5) is 0 Å². The smallest absolute Gasteiger partial charge is 0.241 e. The lowest BCUT2D eigenvalue weighted by Crippen LogP contribution is -2.33. The highest BCUT2D eigenvalue weighted by Crippen LogP contribution is 2.12. The van der Waals surface area contributed by atoms with E-state index in [9.17, 15) is 4.79 Å². The summed E-state index contributed by atoms with van der Waals surface area (Å²) in [4.78, 5) is 16.3. The molecule has 0 radical (unpaired) electrons. The summed E-state index contributed by atoms with van der Waals surface area (Å²) in [6.07, 6.45) is 6.08. The predicted octanol–water partition coefficient (Wildman–Crippen LogP) is 2.38. The molecule has 0 spiro atoms. The van der Waals surface area contributed by atoms with Crippen molar-refractivity contribution in [2.75, 3.05) is 19.6 Å². The lowest BCUT2D eigenvalue weighted by atomic mass is 10.1. The Labute approximate surface area is 118 Å². The maximum Gasteiger partial charge on any atom is 0.241 e. The number of nitrogens with one attached hydrogen (secondary N) is 1. The van der Waals surface area contributed by atoms with Gasteiger partial charge in [0.15, 0.2) is 0 Å². The molecule has 104 valence electrons. The van der Waals surface area contributed by atoms with Crippen LogP contribution in [0, 0.1) is 6.92 Å². The van der Waals surface area contributed by atoms with Gasteiger partial charge in [-0.25, -0.2) is 5.43 Å². The van der Waals surface area contributed by atoms with Crippen molar-refractivity contribution in [3.05, 3.63) is 21.9 Å². The molecule has 0 saturated carbocycles. The van der Waals surface area contributed by atoms with Crippen LogP contribution in [0.15, 0.2) is 17.2 Å². The minimum Gasteiger partial charge on any atom is -0.303 e. The first kappa shape index (κ1) is 14.2. The number of thiophene rings is 1. The van der Waals surface area contributed by atoms with E-state index in [-0.39, 0.29) is 5.91 Å². The van der Waals surface area contributed by atoms with E-state index in [1.54, 1.807) is 17.6 Å². The summed E-state index contributed by atoms with van der Waals surface area (Å²) in [5, 5.41) is 3.99. The van der Waals surface area contributed by atoms with Crippen LogP contribution in [0.2, 0.25) is 0 Å². The van der Waals surface area contributed by atoms with E-state index >= 15 is 0 Å². The standard InChI is InChI=1S/C14H21N3OS/c1-12-5-6-13(19-12)11-15-16-14(18)7-10-17-8-3-2-4-9-17/h5-6,11H,2-4,7-10H2,1H3,(H,16,18)/b15-11+. The van der Waals surface area contributed by atoms with E-state index in [0.29, 0.717) is 6.42 Å². The van der Waals surface area contributed by atoms with Crippen LogP contribution in [-0.2, 0) is 4.79 Å². The topological polar surface area (TPSA) is 44.7 Å². The van der Waals surface area contributed by atoms with Gasteiger partial charge < -0.3 is 4.90 Å². The van der Waals surface area contributed by atoms with Gasteiger partial charge in [-0.1, -0.05) is 6.42 Å². The van der Waals surface area contributed by atoms with Gasteiger partial charge in [-0.05, 0) is 45.0 Å². The summed E-state index contributed by atoms with van der Waals surface area (Å²) in [7, 11) is 0. The van der Waals surface area contributed by atoms with Crippen molar-refractivity contribution in [2.24, 2.45) is 5.10 Å². The Balaban J connectivity index is 1.65. The number of carbonyl (C=O) groups excluding carboxylic acids is 1. The summed E-state index contributed by atoms with van der Waals surface area (Å²) in [6, 6.07) is 4.05. The van der Waals surface area contributed by atoms with Crippen molar-refractivity contribution >= 4 is 23.5 Å². The molecule has 1 aliphatic rings. The van der Waals surface area contributed by atoms with Gasteiger partial charge in [-0.2, -0.15) is 5.10 Å². The molecule has 1 saturated heterocycles. The first-order valence-electron chi connectivity index (χ1n) is 6.85. The highest BCUT2D eigenvalue weighted by atomic mass is 32.1. The molecule has 1 fully saturated rings. The number of carbonyl (C=O) groups is 1. The van der Waals surface area contributed by atoms with Crippen LogP contribution in [0.25, 0.3) is 0 Å². The monoisotopic (exact) mass is 279 g/mol. The van der Waals surface area contributed by atoms with Gasteiger partial charge in [0, 0.05) is 22.7 Å². The molecule has 1 aromatic rings. The van der Waals surface area contributed by atoms with E-state index in [1.807, 2.05) is 12.1 Å². The van der Waals surface area contributed by atoms with Gasteiger partial charge in [0.1, 0.15) is 0 Å². The number of hydrogen-bond donors (Lipinski definition) is 1. The fourth-order valence-electron chi connectivity index (χ4n) is 2.19. The average molecular weight is 279 g/mol. The number of aryl methyl sites for hydroxylation is 1. The summed E-state index contributed by atoms with van der Waals surface area (Å²) in [5.41, 5.74) is 2.59. The molecule has 1 N–H and O–H groups in total. The molecule has 2 rings (SSSR count). The summed E-state index contributed by atoms with van der Waals surface area (Å²) in [6.45, 7) is 5.16. The number of nitrogens with zero attached hydrogens (tertiary/aromatic N) is 2. The second-order valence-corrected chi connectivity index (χ2v) is 6.21. The van der Waals surface area contributed by atoms with Crippen LogP contribution >= 0.6 is 11.3 Å². The zero-order valence-corrected chi connectivity index (χ0v) is 12.2. The van der Waals surface area contributed by atoms with Crippen LogP contribution < -0.4 is 5.43 Å². The van der Waals surface area contributed by atoms with Gasteiger partial charge in [0.25, 0.3) is 0 Å². The normalized spacial score (nSPS) is 16.9. The maximum atomic E-state index is 11.6. The molecule has 2 heterocycles. The highest BCUT2D eigenvalue weighted by molar-refractivity contribution is 7.13. The van der Waals surface area contributed by atoms with Crippen molar-refractivity contribution < 1.29 is 4.79 Å². The molecule has 19 heavy (non-hydrogen) atoms. The maximum absolute atomic E-state index is 11.6. The summed E-state index contributed by atoms with van der Waals surface area (Å²) >= 11 is 1.67. The van der Waals surface area contributed by atoms with Crippen LogP contribution in [-0.4, -0.2) is 36.7 Å². The number of amides is 1. The average Bonchev–Trinajstić information content (AvgIpc) is 2.83. The fourth-order valence-corrected chi connectivity index (χ4v) is 2.94. The van der Waals surface area contributed by atoms with Crippen molar-refractivity contribution in [3.8, 4) is 0 Å². The van der Waals surface area contributed by atoms with Crippen molar-refractivity contribution in [1.82, 2.24) is 10.3 Å². The SMILES string of the molecule is Cc1ccc(/C=N/NC(=O)CCN2CCCCC2)s1. The molecular weight excluding hydrogens is 258 g/mol. The first-order chi connectivity index (χ1) is 9.24. The van der Waals surface area contributed by atoms with E-state index in [2.05, 4.69) is 22.4 Å². The fraction of sp³-hybridized carbons (Fsp3) is 0.571. The van der Waals surface area contributed by atoms with E-state index in [4.69, 9.17) is 0 Å². The lowest BCUT2D eigenvalue weighted by Gasteiger charge is -2.25. The first-order valence-corrected chi connectivity index (χ1v) is 7.66. The number of likely N-dealkylation sites (tertiary alicyclic amines) is 1. The zero-order chi connectivity index (χ0) is 13.5. The Bertz CT molecular complexity index is 436. The van der Waals surface area contributed by atoms with E-state index < -0.39 is 0 Å². The summed E-state index contributed by atoms with van der Waals surface area (Å²) < 4.78 is 0. The third kappa shape index (κ3) is 5.12. The molecule has 1 amide bonds. The largest absolute Gasteiger partial charge is 0.303 e. The third-order valence-electron chi connectivity index (χ3n) is 3.25. The Morgan fingerprint density at radius 1 is 1.42 bits per heavy atom. The number of piperidine rings is 1. The zero-order valence-electron chi connectivity index (χ0n) is 11.4. The molecular formula is C14H21N3OS. The van der Waals surface area contributed by atoms with Crippen molar-refractivity contribution in [1.29, 1.82) is 0 Å². The number of hydrogen-bond acceptors (Lipinski definition) is 4. The molecule has 0 aromatic carbocycles. The summed E-state index contributed by atoms with van der Waals surface area (Å²) in [5.74, 6) is -0.00454. The van der Waals surface area contributed by atoms with Gasteiger partial charge in [0.05, 0.1) is 6.21 Å². The predicted molar refractivity (Wildman–Crippen MR) is 79.7 cm³/mol. The molecule has 1 aliphatic heterocycles. The second kappa shape index (κ2) is 7.40. The Morgan fingerprint density at radius 2 is 2.21 bits per heavy atom. The molecule has 4 nitrogen and oxygen atoms in total. The minimum absolute atomic E-state index is 0.00454. The quantitative estimate of drug-likeness (QED) is 0.664. The van der Waals surface area contributed by atoms with Crippen molar-refractivity contribution in [3.63, 3.8) is 0 Å². The van der Waals surface area contributed by atoms with Crippen LogP contribution in [0.1, 0.15) is 35.4 Å². The molecule has 0 bridgehead atoms. The Hall–Kier alpha value is -1.20. The van der Waals surface area contributed by atoms with Gasteiger partial charge >= 0.3 is 0 Å². The molecule has 1 aromatic heterocycles. The van der Waals surface area contributed by atoms with Gasteiger partial charge in [0.2, 0.25) is 5.91 Å². The number of hydrazone groups is 1. The number of rotatable bonds is 5. The lowest BCUT2D eigenvalue weighted by molar-refractivity contribution is -0.121. The van der Waals surface area contributed by atoms with Crippen LogP contribution in [0.5, 0.6) is 0 Å². The Morgan fingerprint density at radius 3 is 2.89 bits per heavy atom. The second-order valence-electron chi connectivity index (χ2n) is 4.89. The highest BCUT2D eigenvalue weighted by Gasteiger charge is 2.11. The third-order valence-corrected chi connectivity index (χ3v) is 4.18. The molecule has 0 unspecified atom stereocenters. The van der Waals surface area contributed by atoms with Crippen molar-refractivity contribution in [2.45, 2.75) is 32.6 Å². The van der Waals surface area contributed by atoms with E-state index in [1.165, 1.54) is 24.1 Å².